The van der Waals surface area contributed by atoms with Crippen LogP contribution in [-0.2, 0) is 0 Å². The molecule has 1 atom stereocenters. The van der Waals surface area contributed by atoms with Crippen molar-refractivity contribution < 1.29 is 26.3 Å². The Hall–Kier alpha value is -0.460. The van der Waals surface area contributed by atoms with Gasteiger partial charge in [0.2, 0.25) is 0 Å². The average Bonchev–Trinajstić information content (AvgIpc) is 2.03. The fraction of sp³-hybridized carbons (Fsp3) is 1.00. The average molecular weight is 263 g/mol. The zero-order chi connectivity index (χ0) is 13.3. The molecule has 1 heterocycles. The summed E-state index contributed by atoms with van der Waals surface area (Å²) in [6.07, 6.45) is -8.86. The van der Waals surface area contributed by atoms with E-state index in [1.165, 1.54) is 6.92 Å². The topological polar surface area (TPSA) is 3.24 Å². The maximum Gasteiger partial charge on any atom is 0.401 e. The van der Waals surface area contributed by atoms with Crippen molar-refractivity contribution in [1.29, 1.82) is 0 Å². The summed E-state index contributed by atoms with van der Waals surface area (Å²) < 4.78 is 74.0. The minimum Gasteiger partial charge on any atom is -0.289 e. The van der Waals surface area contributed by atoms with Crippen LogP contribution >= 0.6 is 0 Å². The summed E-state index contributed by atoms with van der Waals surface area (Å²) in [5.41, 5.74) is -1.42. The van der Waals surface area contributed by atoms with Crippen LogP contribution in [0.1, 0.15) is 32.6 Å². The standard InChI is InChI=1S/C10H15F6N/c1-8(6-9(11,12)13)4-2-3-5-17(8)7-10(14,15)16/h2-7H2,1H3. The van der Waals surface area contributed by atoms with Crippen LogP contribution in [0.3, 0.4) is 0 Å². The smallest absolute Gasteiger partial charge is 0.289 e. The van der Waals surface area contributed by atoms with E-state index in [-0.39, 0.29) is 13.0 Å². The number of hydrogen-bond acceptors (Lipinski definition) is 1. The Morgan fingerprint density at radius 1 is 1.00 bits per heavy atom. The van der Waals surface area contributed by atoms with Crippen molar-refractivity contribution in [3.63, 3.8) is 0 Å². The summed E-state index contributed by atoms with van der Waals surface area (Å²) in [4.78, 5) is 0.921. The Bertz CT molecular complexity index is 259. The normalized spacial score (nSPS) is 28.4. The van der Waals surface area contributed by atoms with Crippen molar-refractivity contribution in [2.24, 2.45) is 0 Å². The van der Waals surface area contributed by atoms with E-state index in [1.807, 2.05) is 0 Å². The van der Waals surface area contributed by atoms with Crippen LogP contribution < -0.4 is 0 Å². The van der Waals surface area contributed by atoms with Gasteiger partial charge in [0.25, 0.3) is 0 Å². The lowest BCUT2D eigenvalue weighted by Gasteiger charge is -2.45. The highest BCUT2D eigenvalue weighted by Crippen LogP contribution is 2.39. The van der Waals surface area contributed by atoms with Crippen LogP contribution in [0.25, 0.3) is 0 Å². The van der Waals surface area contributed by atoms with E-state index in [9.17, 15) is 26.3 Å². The summed E-state index contributed by atoms with van der Waals surface area (Å²) in [6.45, 7) is 0.0804. The van der Waals surface area contributed by atoms with E-state index >= 15 is 0 Å². The van der Waals surface area contributed by atoms with Crippen LogP contribution in [0.4, 0.5) is 26.3 Å². The summed E-state index contributed by atoms with van der Waals surface area (Å²) in [5, 5.41) is 0. The van der Waals surface area contributed by atoms with Crippen molar-refractivity contribution >= 4 is 0 Å². The van der Waals surface area contributed by atoms with Crippen molar-refractivity contribution in [2.45, 2.75) is 50.5 Å². The van der Waals surface area contributed by atoms with E-state index < -0.39 is 30.9 Å². The van der Waals surface area contributed by atoms with Gasteiger partial charge in [-0.2, -0.15) is 26.3 Å². The molecular weight excluding hydrogens is 248 g/mol. The van der Waals surface area contributed by atoms with Crippen molar-refractivity contribution in [2.75, 3.05) is 13.1 Å². The second-order valence-electron chi connectivity index (χ2n) is 4.78. The van der Waals surface area contributed by atoms with Crippen LogP contribution in [-0.4, -0.2) is 35.9 Å². The number of hydrogen-bond donors (Lipinski definition) is 0. The first kappa shape index (κ1) is 14.6. The van der Waals surface area contributed by atoms with Crippen LogP contribution in [0.15, 0.2) is 0 Å². The molecule has 0 aromatic rings. The second kappa shape index (κ2) is 4.66. The maximum atomic E-state index is 12.4. The zero-order valence-corrected chi connectivity index (χ0v) is 9.46. The van der Waals surface area contributed by atoms with Gasteiger partial charge < -0.3 is 0 Å². The van der Waals surface area contributed by atoms with E-state index in [1.54, 1.807) is 0 Å². The van der Waals surface area contributed by atoms with Gasteiger partial charge in [-0.25, -0.2) is 0 Å². The quantitative estimate of drug-likeness (QED) is 0.686. The molecule has 1 nitrogen and oxygen atoms in total. The summed E-state index contributed by atoms with van der Waals surface area (Å²) in [5.74, 6) is 0. The van der Waals surface area contributed by atoms with E-state index in [0.29, 0.717) is 12.8 Å². The van der Waals surface area contributed by atoms with Gasteiger partial charge in [-0.15, -0.1) is 0 Å². The van der Waals surface area contributed by atoms with Crippen LogP contribution in [0, 0.1) is 0 Å². The third-order valence-corrected chi connectivity index (χ3v) is 3.11. The molecule has 1 saturated heterocycles. The monoisotopic (exact) mass is 263 g/mol. The van der Waals surface area contributed by atoms with Gasteiger partial charge in [0, 0.05) is 5.54 Å². The lowest BCUT2D eigenvalue weighted by Crippen LogP contribution is -2.54. The molecule has 1 aliphatic rings. The van der Waals surface area contributed by atoms with Crippen molar-refractivity contribution in [3.8, 4) is 0 Å². The van der Waals surface area contributed by atoms with E-state index in [2.05, 4.69) is 0 Å². The van der Waals surface area contributed by atoms with Gasteiger partial charge >= 0.3 is 12.4 Å². The molecule has 0 radical (unpaired) electrons. The maximum absolute atomic E-state index is 12.4. The number of halogens is 6. The molecule has 0 N–H and O–H groups in total. The predicted octanol–water partition coefficient (Wildman–Crippen LogP) is 3.75. The first-order valence-electron chi connectivity index (χ1n) is 5.40. The molecule has 17 heavy (non-hydrogen) atoms. The van der Waals surface area contributed by atoms with Crippen LogP contribution in [0.2, 0.25) is 0 Å². The Morgan fingerprint density at radius 2 is 1.59 bits per heavy atom. The van der Waals surface area contributed by atoms with Crippen molar-refractivity contribution in [1.82, 2.24) is 4.90 Å². The van der Waals surface area contributed by atoms with Gasteiger partial charge in [0.1, 0.15) is 0 Å². The highest BCUT2D eigenvalue weighted by molar-refractivity contribution is 4.92. The lowest BCUT2D eigenvalue weighted by molar-refractivity contribution is -0.193. The number of nitrogens with zero attached hydrogens (tertiary/aromatic N) is 1. The molecule has 0 aromatic carbocycles. The fourth-order valence-electron chi connectivity index (χ4n) is 2.35. The van der Waals surface area contributed by atoms with E-state index in [4.69, 9.17) is 0 Å². The van der Waals surface area contributed by atoms with Gasteiger partial charge in [0.05, 0.1) is 13.0 Å². The third-order valence-electron chi connectivity index (χ3n) is 3.11. The summed E-state index contributed by atoms with van der Waals surface area (Å²) in [7, 11) is 0. The van der Waals surface area contributed by atoms with E-state index in [0.717, 1.165) is 4.90 Å². The van der Waals surface area contributed by atoms with Gasteiger partial charge in [-0.1, -0.05) is 6.42 Å². The lowest BCUT2D eigenvalue weighted by atomic mass is 9.85. The molecule has 0 bridgehead atoms. The second-order valence-corrected chi connectivity index (χ2v) is 4.78. The summed E-state index contributed by atoms with van der Waals surface area (Å²) in [6, 6.07) is 0. The Kier molecular flexibility index (Phi) is 4.01. The molecule has 1 aliphatic heterocycles. The first-order chi connectivity index (χ1) is 7.52. The molecular formula is C10H15F6N. The van der Waals surface area contributed by atoms with Crippen LogP contribution in [0.5, 0.6) is 0 Å². The Labute approximate surface area is 95.8 Å². The minimum absolute atomic E-state index is 0.0755. The molecule has 0 spiro atoms. The fourth-order valence-corrected chi connectivity index (χ4v) is 2.35. The predicted molar refractivity (Wildman–Crippen MR) is 50.6 cm³/mol. The number of likely N-dealkylation sites (tertiary alicyclic amines) is 1. The highest BCUT2D eigenvalue weighted by Gasteiger charge is 2.47. The molecule has 1 rings (SSSR count). The molecule has 1 fully saturated rings. The minimum atomic E-state index is -4.45. The third kappa shape index (κ3) is 4.73. The molecule has 0 aliphatic carbocycles. The number of piperidine rings is 1. The van der Waals surface area contributed by atoms with Crippen molar-refractivity contribution in [3.05, 3.63) is 0 Å². The molecule has 1 unspecified atom stereocenters. The Morgan fingerprint density at radius 3 is 2.06 bits per heavy atom. The number of alkyl halides is 6. The number of rotatable bonds is 2. The molecule has 102 valence electrons. The molecule has 0 amide bonds. The SMILES string of the molecule is CC1(CC(F)(F)F)CCCCN1CC(F)(F)F. The highest BCUT2D eigenvalue weighted by atomic mass is 19.4. The van der Waals surface area contributed by atoms with Gasteiger partial charge in [-0.05, 0) is 26.3 Å². The van der Waals surface area contributed by atoms with Gasteiger partial charge in [0.15, 0.2) is 0 Å². The van der Waals surface area contributed by atoms with Gasteiger partial charge in [-0.3, -0.25) is 4.90 Å². The largest absolute Gasteiger partial charge is 0.401 e. The molecule has 7 heteroatoms. The first-order valence-corrected chi connectivity index (χ1v) is 5.40. The molecule has 0 saturated carbocycles. The molecule has 0 aromatic heterocycles. The Balaban J connectivity index is 2.77. The summed E-state index contributed by atoms with van der Waals surface area (Å²) >= 11 is 0. The zero-order valence-electron chi connectivity index (χ0n) is 9.46.